The second-order valence-electron chi connectivity index (χ2n) is 6.28. The number of nitrogens with one attached hydrogen (secondary N) is 2. The predicted molar refractivity (Wildman–Crippen MR) is 117 cm³/mol. The molecule has 0 aliphatic carbocycles. The maximum absolute atomic E-state index is 12.9. The molecule has 0 atom stereocenters. The molecule has 0 fully saturated rings. The van der Waals surface area contributed by atoms with Crippen LogP contribution in [0.3, 0.4) is 0 Å². The van der Waals surface area contributed by atoms with Gasteiger partial charge < -0.3 is 20.4 Å². The summed E-state index contributed by atoms with van der Waals surface area (Å²) in [4.78, 5) is 28.9. The Hall–Kier alpha value is -2.44. The number of benzene rings is 2. The normalized spacial score (nSPS) is 10.4. The fourth-order valence-corrected chi connectivity index (χ4v) is 3.24. The molecule has 0 bridgehead atoms. The Kier molecular flexibility index (Phi) is 7.54. The van der Waals surface area contributed by atoms with E-state index in [4.69, 9.17) is 23.2 Å². The summed E-state index contributed by atoms with van der Waals surface area (Å²) in [5.74, 6) is -0.0908. The van der Waals surface area contributed by atoms with Crippen molar-refractivity contribution in [3.8, 4) is 0 Å². The molecule has 0 aliphatic heterocycles. The molecule has 0 aromatic heterocycles. The van der Waals surface area contributed by atoms with Crippen molar-refractivity contribution >= 4 is 52.2 Å². The molecule has 0 aliphatic rings. The van der Waals surface area contributed by atoms with Gasteiger partial charge in [0.25, 0.3) is 5.91 Å². The van der Waals surface area contributed by atoms with Gasteiger partial charge in [-0.25, -0.2) is 4.79 Å². The van der Waals surface area contributed by atoms with Gasteiger partial charge in [-0.05, 0) is 44.2 Å². The first-order valence-corrected chi connectivity index (χ1v) is 9.66. The van der Waals surface area contributed by atoms with Crippen molar-refractivity contribution in [2.75, 3.05) is 42.7 Å². The van der Waals surface area contributed by atoms with Crippen molar-refractivity contribution in [2.45, 2.75) is 13.8 Å². The van der Waals surface area contributed by atoms with Crippen molar-refractivity contribution in [1.29, 1.82) is 0 Å². The van der Waals surface area contributed by atoms with Crippen LogP contribution in [0.4, 0.5) is 21.9 Å². The molecular formula is C20H24Cl2N4O2. The topological polar surface area (TPSA) is 64.7 Å². The van der Waals surface area contributed by atoms with Gasteiger partial charge in [-0.15, -0.1) is 0 Å². The maximum atomic E-state index is 12.9. The van der Waals surface area contributed by atoms with Crippen molar-refractivity contribution in [3.05, 3.63) is 52.0 Å². The number of anilines is 3. The number of carbonyl (C=O) groups excluding carboxylic acids is 2. The number of nitrogens with zero attached hydrogens (tertiary/aromatic N) is 2. The van der Waals surface area contributed by atoms with E-state index in [-0.39, 0.29) is 5.91 Å². The summed E-state index contributed by atoms with van der Waals surface area (Å²) in [7, 11) is 3.74. The third kappa shape index (κ3) is 5.09. The third-order valence-corrected chi connectivity index (χ3v) is 4.85. The molecular weight excluding hydrogens is 399 g/mol. The number of hydrogen-bond donors (Lipinski definition) is 2. The predicted octanol–water partition coefficient (Wildman–Crippen LogP) is 5.19. The van der Waals surface area contributed by atoms with Gasteiger partial charge in [-0.3, -0.25) is 4.79 Å². The standard InChI is InChI=1S/C20H24Cl2N4O2/c1-5-26(6-2)19(27)14-12-13(10-11-17(14)25(3)4)23-20(28)24-18-15(21)8-7-9-16(18)22/h7-12H,5-6H2,1-4H3,(H2,23,24,28). The molecule has 6 nitrogen and oxygen atoms in total. The van der Waals surface area contributed by atoms with Gasteiger partial charge in [-0.2, -0.15) is 0 Å². The van der Waals surface area contributed by atoms with Crippen LogP contribution in [0.1, 0.15) is 24.2 Å². The Morgan fingerprint density at radius 3 is 2.11 bits per heavy atom. The van der Waals surface area contributed by atoms with Crippen LogP contribution >= 0.6 is 23.2 Å². The van der Waals surface area contributed by atoms with Crippen LogP contribution in [0.5, 0.6) is 0 Å². The van der Waals surface area contributed by atoms with Gasteiger partial charge in [0.15, 0.2) is 0 Å². The lowest BCUT2D eigenvalue weighted by atomic mass is 10.1. The second kappa shape index (κ2) is 9.66. The van der Waals surface area contributed by atoms with Gasteiger partial charge in [0.1, 0.15) is 0 Å². The minimum Gasteiger partial charge on any atom is -0.377 e. The van der Waals surface area contributed by atoms with Gasteiger partial charge in [-0.1, -0.05) is 29.3 Å². The van der Waals surface area contributed by atoms with Crippen molar-refractivity contribution in [1.82, 2.24) is 4.90 Å². The zero-order valence-electron chi connectivity index (χ0n) is 16.3. The van der Waals surface area contributed by atoms with Crippen molar-refractivity contribution in [2.24, 2.45) is 0 Å². The number of para-hydroxylation sites is 1. The first-order valence-electron chi connectivity index (χ1n) is 8.91. The molecule has 8 heteroatoms. The first-order chi connectivity index (χ1) is 13.3. The molecule has 2 aromatic rings. The summed E-state index contributed by atoms with van der Waals surface area (Å²) < 4.78 is 0. The van der Waals surface area contributed by atoms with Crippen LogP contribution in [0.25, 0.3) is 0 Å². The van der Waals surface area contributed by atoms with Crippen molar-refractivity contribution < 1.29 is 9.59 Å². The summed E-state index contributed by atoms with van der Waals surface area (Å²) in [6, 6.07) is 9.67. The third-order valence-electron chi connectivity index (χ3n) is 4.22. The minimum atomic E-state index is -0.506. The van der Waals surface area contributed by atoms with E-state index >= 15 is 0 Å². The van der Waals surface area contributed by atoms with Crippen LogP contribution in [0.15, 0.2) is 36.4 Å². The van der Waals surface area contributed by atoms with Crippen LogP contribution in [-0.4, -0.2) is 44.0 Å². The number of urea groups is 1. The number of carbonyl (C=O) groups is 2. The molecule has 0 unspecified atom stereocenters. The van der Waals surface area contributed by atoms with Gasteiger partial charge >= 0.3 is 6.03 Å². The number of rotatable bonds is 6. The fraction of sp³-hybridized carbons (Fsp3) is 0.300. The smallest absolute Gasteiger partial charge is 0.323 e. The van der Waals surface area contributed by atoms with E-state index in [9.17, 15) is 9.59 Å². The van der Waals surface area contributed by atoms with E-state index in [0.717, 1.165) is 5.69 Å². The van der Waals surface area contributed by atoms with Crippen LogP contribution < -0.4 is 15.5 Å². The van der Waals surface area contributed by atoms with E-state index in [0.29, 0.717) is 40.1 Å². The first kappa shape index (κ1) is 21.9. The Morgan fingerprint density at radius 1 is 0.964 bits per heavy atom. The highest BCUT2D eigenvalue weighted by Gasteiger charge is 2.19. The van der Waals surface area contributed by atoms with E-state index in [1.54, 1.807) is 41.3 Å². The average Bonchev–Trinajstić information content (AvgIpc) is 2.65. The molecule has 150 valence electrons. The summed E-state index contributed by atoms with van der Waals surface area (Å²) in [6.45, 7) is 5.07. The summed E-state index contributed by atoms with van der Waals surface area (Å²) in [5.41, 5.74) is 2.11. The lowest BCUT2D eigenvalue weighted by Crippen LogP contribution is -2.32. The lowest BCUT2D eigenvalue weighted by molar-refractivity contribution is 0.0773. The molecule has 0 saturated carbocycles. The number of halogens is 2. The Bertz CT molecular complexity index is 847. The van der Waals surface area contributed by atoms with Crippen LogP contribution in [0, 0.1) is 0 Å². The second-order valence-corrected chi connectivity index (χ2v) is 7.09. The van der Waals surface area contributed by atoms with E-state index in [1.165, 1.54) is 0 Å². The molecule has 28 heavy (non-hydrogen) atoms. The molecule has 0 spiro atoms. The van der Waals surface area contributed by atoms with Crippen molar-refractivity contribution in [3.63, 3.8) is 0 Å². The van der Waals surface area contributed by atoms with E-state index in [2.05, 4.69) is 10.6 Å². The van der Waals surface area contributed by atoms with Gasteiger partial charge in [0.2, 0.25) is 0 Å². The zero-order valence-corrected chi connectivity index (χ0v) is 17.9. The highest BCUT2D eigenvalue weighted by molar-refractivity contribution is 6.39. The highest BCUT2D eigenvalue weighted by atomic mass is 35.5. The average molecular weight is 423 g/mol. The molecule has 0 radical (unpaired) electrons. The Balaban J connectivity index is 2.27. The Labute approximate surface area is 175 Å². The zero-order chi connectivity index (χ0) is 20.8. The van der Waals surface area contributed by atoms with Gasteiger partial charge in [0, 0.05) is 38.6 Å². The minimum absolute atomic E-state index is 0.0908. The molecule has 3 amide bonds. The largest absolute Gasteiger partial charge is 0.377 e. The maximum Gasteiger partial charge on any atom is 0.323 e. The van der Waals surface area contributed by atoms with E-state index < -0.39 is 6.03 Å². The summed E-state index contributed by atoms with van der Waals surface area (Å²) in [6.07, 6.45) is 0. The monoisotopic (exact) mass is 422 g/mol. The Morgan fingerprint density at radius 2 is 1.57 bits per heavy atom. The molecule has 0 saturated heterocycles. The molecule has 0 heterocycles. The number of amides is 3. The fourth-order valence-electron chi connectivity index (χ4n) is 2.75. The van der Waals surface area contributed by atoms with Crippen LogP contribution in [0.2, 0.25) is 10.0 Å². The number of hydrogen-bond acceptors (Lipinski definition) is 3. The highest BCUT2D eigenvalue weighted by Crippen LogP contribution is 2.30. The summed E-state index contributed by atoms with van der Waals surface area (Å²) >= 11 is 12.2. The molecule has 2 rings (SSSR count). The van der Waals surface area contributed by atoms with Crippen LogP contribution in [-0.2, 0) is 0 Å². The SMILES string of the molecule is CCN(CC)C(=O)c1cc(NC(=O)Nc2c(Cl)cccc2Cl)ccc1N(C)C. The van der Waals surface area contributed by atoms with Gasteiger partial charge in [0.05, 0.1) is 21.3 Å². The van der Waals surface area contributed by atoms with E-state index in [1.807, 2.05) is 32.8 Å². The quantitative estimate of drug-likeness (QED) is 0.673. The molecule has 2 N–H and O–H groups in total. The molecule has 2 aromatic carbocycles. The lowest BCUT2D eigenvalue weighted by Gasteiger charge is -2.23. The summed E-state index contributed by atoms with van der Waals surface area (Å²) in [5, 5.41) is 6.04.